The molecular formula is C26H27Cl2N3O4S. The first-order chi connectivity index (χ1) is 17.1. The van der Waals surface area contributed by atoms with Crippen molar-refractivity contribution in [2.45, 2.75) is 19.0 Å². The third-order valence-corrected chi connectivity index (χ3v) is 7.28. The van der Waals surface area contributed by atoms with Gasteiger partial charge in [-0.05, 0) is 35.4 Å². The van der Waals surface area contributed by atoms with E-state index in [2.05, 4.69) is 5.32 Å². The molecule has 0 unspecified atom stereocenters. The van der Waals surface area contributed by atoms with Crippen LogP contribution < -0.4 is 9.62 Å². The molecule has 10 heteroatoms. The van der Waals surface area contributed by atoms with Gasteiger partial charge in [0.15, 0.2) is 0 Å². The molecule has 3 aromatic rings. The first-order valence-corrected chi connectivity index (χ1v) is 13.7. The minimum atomic E-state index is -3.87. The normalized spacial score (nSPS) is 12.0. The molecule has 0 bridgehead atoms. The van der Waals surface area contributed by atoms with Gasteiger partial charge in [0.05, 0.1) is 17.0 Å². The van der Waals surface area contributed by atoms with E-state index in [1.807, 2.05) is 30.3 Å². The number of sulfonamides is 1. The van der Waals surface area contributed by atoms with Gasteiger partial charge >= 0.3 is 0 Å². The topological polar surface area (TPSA) is 86.8 Å². The van der Waals surface area contributed by atoms with Crippen LogP contribution in [0, 0.1) is 0 Å². The van der Waals surface area contributed by atoms with Gasteiger partial charge in [-0.25, -0.2) is 8.42 Å². The van der Waals surface area contributed by atoms with Crippen molar-refractivity contribution in [3.8, 4) is 0 Å². The third-order valence-electron chi connectivity index (χ3n) is 5.58. The smallest absolute Gasteiger partial charge is 0.244 e. The Morgan fingerprint density at radius 2 is 1.50 bits per heavy atom. The molecule has 0 radical (unpaired) electrons. The van der Waals surface area contributed by atoms with Crippen LogP contribution in [0.2, 0.25) is 10.0 Å². The molecule has 0 heterocycles. The van der Waals surface area contributed by atoms with Crippen LogP contribution in [0.25, 0.3) is 0 Å². The number of benzene rings is 3. The second-order valence-corrected chi connectivity index (χ2v) is 10.9. The monoisotopic (exact) mass is 547 g/mol. The number of anilines is 1. The maximum absolute atomic E-state index is 13.8. The van der Waals surface area contributed by atoms with Crippen LogP contribution in [0.5, 0.6) is 0 Å². The predicted octanol–water partition coefficient (Wildman–Crippen LogP) is 4.15. The van der Waals surface area contributed by atoms with Gasteiger partial charge in [-0.15, -0.1) is 0 Å². The fourth-order valence-electron chi connectivity index (χ4n) is 3.76. The summed E-state index contributed by atoms with van der Waals surface area (Å²) < 4.78 is 26.3. The van der Waals surface area contributed by atoms with Gasteiger partial charge < -0.3 is 10.2 Å². The number of nitrogens with zero attached hydrogens (tertiary/aromatic N) is 2. The molecule has 1 atom stereocenters. The van der Waals surface area contributed by atoms with E-state index >= 15 is 0 Å². The van der Waals surface area contributed by atoms with E-state index in [1.54, 1.807) is 42.5 Å². The highest BCUT2D eigenvalue weighted by Crippen LogP contribution is 2.27. The van der Waals surface area contributed by atoms with E-state index in [4.69, 9.17) is 23.2 Å². The molecule has 0 aromatic heterocycles. The number of para-hydroxylation sites is 1. The van der Waals surface area contributed by atoms with Crippen molar-refractivity contribution in [3.05, 3.63) is 100 Å². The van der Waals surface area contributed by atoms with Crippen molar-refractivity contribution in [1.82, 2.24) is 10.2 Å². The summed E-state index contributed by atoms with van der Waals surface area (Å²) in [6.07, 6.45) is 1.25. The van der Waals surface area contributed by atoms with Crippen LogP contribution in [0.3, 0.4) is 0 Å². The van der Waals surface area contributed by atoms with Gasteiger partial charge in [0, 0.05) is 25.0 Å². The molecule has 0 fully saturated rings. The number of amides is 2. The summed E-state index contributed by atoms with van der Waals surface area (Å²) in [7, 11) is -2.38. The fraction of sp³-hybridized carbons (Fsp3) is 0.231. The fourth-order valence-corrected chi connectivity index (χ4v) is 5.03. The van der Waals surface area contributed by atoms with E-state index in [-0.39, 0.29) is 29.6 Å². The van der Waals surface area contributed by atoms with E-state index in [9.17, 15) is 18.0 Å². The molecule has 190 valence electrons. The Balaban J connectivity index is 2.03. The Morgan fingerprint density at radius 1 is 0.889 bits per heavy atom. The molecule has 3 rings (SSSR count). The molecule has 0 spiro atoms. The van der Waals surface area contributed by atoms with Crippen LogP contribution in [-0.4, -0.2) is 51.0 Å². The van der Waals surface area contributed by atoms with Crippen molar-refractivity contribution >= 4 is 50.7 Å². The molecule has 0 saturated carbocycles. The zero-order valence-electron chi connectivity index (χ0n) is 19.9. The second-order valence-electron chi connectivity index (χ2n) is 8.19. The van der Waals surface area contributed by atoms with Crippen molar-refractivity contribution in [3.63, 3.8) is 0 Å². The molecule has 2 amide bonds. The largest absolute Gasteiger partial charge is 0.357 e. The number of carbonyl (C=O) groups is 2. The second kappa shape index (κ2) is 12.3. The summed E-state index contributed by atoms with van der Waals surface area (Å²) in [6, 6.07) is 21.7. The molecule has 36 heavy (non-hydrogen) atoms. The minimum Gasteiger partial charge on any atom is -0.357 e. The van der Waals surface area contributed by atoms with Crippen LogP contribution in [0.15, 0.2) is 78.9 Å². The van der Waals surface area contributed by atoms with E-state index in [1.165, 1.54) is 18.0 Å². The number of carbonyl (C=O) groups excluding carboxylic acids is 2. The quantitative estimate of drug-likeness (QED) is 0.413. The highest BCUT2D eigenvalue weighted by Gasteiger charge is 2.33. The van der Waals surface area contributed by atoms with Gasteiger partial charge in [0.1, 0.15) is 12.6 Å². The van der Waals surface area contributed by atoms with Gasteiger partial charge in [0.2, 0.25) is 21.8 Å². The number of nitrogens with one attached hydrogen (secondary N) is 1. The van der Waals surface area contributed by atoms with Crippen LogP contribution in [-0.2, 0) is 32.6 Å². The van der Waals surface area contributed by atoms with Crippen LogP contribution in [0.1, 0.15) is 11.1 Å². The van der Waals surface area contributed by atoms with Crippen molar-refractivity contribution < 1.29 is 18.0 Å². The van der Waals surface area contributed by atoms with Crippen LogP contribution in [0.4, 0.5) is 5.69 Å². The van der Waals surface area contributed by atoms with E-state index < -0.39 is 28.5 Å². The molecule has 7 nitrogen and oxygen atoms in total. The van der Waals surface area contributed by atoms with Crippen molar-refractivity contribution in [2.24, 2.45) is 0 Å². The van der Waals surface area contributed by atoms with Gasteiger partial charge in [-0.3, -0.25) is 13.9 Å². The maximum atomic E-state index is 13.8. The lowest BCUT2D eigenvalue weighted by Gasteiger charge is -2.33. The molecular weight excluding hydrogens is 521 g/mol. The molecule has 3 aromatic carbocycles. The molecule has 0 aliphatic heterocycles. The van der Waals surface area contributed by atoms with Crippen molar-refractivity contribution in [2.75, 3.05) is 24.2 Å². The Labute approximate surface area is 221 Å². The first kappa shape index (κ1) is 27.5. The van der Waals surface area contributed by atoms with Crippen molar-refractivity contribution in [1.29, 1.82) is 0 Å². The molecule has 1 N–H and O–H groups in total. The number of likely N-dealkylation sites (N-methyl/N-ethyl adjacent to an activating group) is 1. The summed E-state index contributed by atoms with van der Waals surface area (Å²) in [5.74, 6) is -0.926. The van der Waals surface area contributed by atoms with E-state index in [0.29, 0.717) is 5.02 Å². The Bertz CT molecular complexity index is 1300. The number of hydrogen-bond donors (Lipinski definition) is 1. The Morgan fingerprint density at radius 3 is 2.08 bits per heavy atom. The average Bonchev–Trinajstić information content (AvgIpc) is 2.85. The van der Waals surface area contributed by atoms with Gasteiger partial charge in [0.25, 0.3) is 0 Å². The number of rotatable bonds is 10. The Hall–Kier alpha value is -3.07. The minimum absolute atomic E-state index is 0.0705. The summed E-state index contributed by atoms with van der Waals surface area (Å²) in [5, 5.41) is 3.35. The highest BCUT2D eigenvalue weighted by atomic mass is 35.5. The standard InChI is InChI=1S/C26H27Cl2N3O4S/c1-29-26(33)24(16-19-8-4-3-5-9-19)30(17-20-12-14-21(27)15-13-20)25(32)18-31(36(2,34)35)23-11-7-6-10-22(23)28/h3-15,24H,16-18H2,1-2H3,(H,29,33)/t24-/m0/s1. The lowest BCUT2D eigenvalue weighted by atomic mass is 10.0. The predicted molar refractivity (Wildman–Crippen MR) is 144 cm³/mol. The third kappa shape index (κ3) is 7.22. The lowest BCUT2D eigenvalue weighted by Crippen LogP contribution is -2.52. The average molecular weight is 548 g/mol. The van der Waals surface area contributed by atoms with Crippen LogP contribution >= 0.6 is 23.2 Å². The zero-order valence-corrected chi connectivity index (χ0v) is 22.2. The number of hydrogen-bond acceptors (Lipinski definition) is 4. The summed E-state index contributed by atoms with van der Waals surface area (Å²) in [6.45, 7) is -0.459. The highest BCUT2D eigenvalue weighted by molar-refractivity contribution is 7.92. The van der Waals surface area contributed by atoms with Gasteiger partial charge in [-0.1, -0.05) is 77.8 Å². The SMILES string of the molecule is CNC(=O)[C@H](Cc1ccccc1)N(Cc1ccc(Cl)cc1)C(=O)CN(c1ccccc1Cl)S(C)(=O)=O. The summed E-state index contributed by atoms with van der Waals surface area (Å²) in [5.41, 5.74) is 1.77. The zero-order chi connectivity index (χ0) is 26.3. The molecule has 0 aliphatic carbocycles. The summed E-state index contributed by atoms with van der Waals surface area (Å²) in [4.78, 5) is 28.2. The Kier molecular flexibility index (Phi) is 9.37. The van der Waals surface area contributed by atoms with E-state index in [0.717, 1.165) is 21.7 Å². The maximum Gasteiger partial charge on any atom is 0.244 e. The van der Waals surface area contributed by atoms with Gasteiger partial charge in [-0.2, -0.15) is 0 Å². The molecule has 0 saturated heterocycles. The summed E-state index contributed by atoms with van der Waals surface area (Å²) >= 11 is 12.3. The molecule has 0 aliphatic rings. The first-order valence-electron chi connectivity index (χ1n) is 11.1. The number of halogens is 2. The lowest BCUT2D eigenvalue weighted by molar-refractivity contribution is -0.139.